The van der Waals surface area contributed by atoms with Gasteiger partial charge in [0.1, 0.15) is 29.9 Å². The number of halogens is 1. The van der Waals surface area contributed by atoms with Crippen LogP contribution in [0.3, 0.4) is 0 Å². The van der Waals surface area contributed by atoms with Crippen molar-refractivity contribution in [2.75, 3.05) is 25.1 Å². The molecule has 9 nitrogen and oxygen atoms in total. The molecule has 0 saturated heterocycles. The Labute approximate surface area is 252 Å². The van der Waals surface area contributed by atoms with E-state index in [0.29, 0.717) is 17.7 Å². The Kier molecular flexibility index (Phi) is 10.6. The highest BCUT2D eigenvalue weighted by Gasteiger charge is 2.35. The van der Waals surface area contributed by atoms with Crippen LogP contribution in [0.25, 0.3) is 0 Å². The molecule has 1 unspecified atom stereocenters. The topological polar surface area (TPSA) is 105 Å². The van der Waals surface area contributed by atoms with E-state index in [9.17, 15) is 22.4 Å². The van der Waals surface area contributed by atoms with Gasteiger partial charge in [0, 0.05) is 12.6 Å². The van der Waals surface area contributed by atoms with Gasteiger partial charge in [-0.1, -0.05) is 44.0 Å². The summed E-state index contributed by atoms with van der Waals surface area (Å²) in [6.07, 6.45) is 4.09. The van der Waals surface area contributed by atoms with Crippen molar-refractivity contribution in [3.05, 3.63) is 84.2 Å². The number of benzene rings is 3. The third-order valence-electron chi connectivity index (χ3n) is 7.63. The number of para-hydroxylation sites is 2. The first-order chi connectivity index (χ1) is 20.7. The van der Waals surface area contributed by atoms with Crippen molar-refractivity contribution in [1.82, 2.24) is 10.2 Å². The van der Waals surface area contributed by atoms with E-state index in [1.807, 2.05) is 0 Å². The molecule has 11 heteroatoms. The van der Waals surface area contributed by atoms with Crippen LogP contribution in [0.4, 0.5) is 10.1 Å². The van der Waals surface area contributed by atoms with Crippen molar-refractivity contribution in [3.63, 3.8) is 0 Å². The number of rotatable bonds is 13. The lowest BCUT2D eigenvalue weighted by atomic mass is 10.1. The zero-order valence-corrected chi connectivity index (χ0v) is 25.5. The maximum atomic E-state index is 14.2. The van der Waals surface area contributed by atoms with Crippen molar-refractivity contribution in [1.29, 1.82) is 0 Å². The lowest BCUT2D eigenvalue weighted by Gasteiger charge is -2.34. The van der Waals surface area contributed by atoms with Gasteiger partial charge in [0.25, 0.3) is 10.0 Å². The zero-order chi connectivity index (χ0) is 31.0. The molecule has 230 valence electrons. The molecule has 1 atom stereocenters. The van der Waals surface area contributed by atoms with Crippen LogP contribution in [0.1, 0.15) is 44.6 Å². The van der Waals surface area contributed by atoms with E-state index in [0.717, 1.165) is 30.0 Å². The van der Waals surface area contributed by atoms with E-state index in [1.165, 1.54) is 55.5 Å². The van der Waals surface area contributed by atoms with Crippen LogP contribution < -0.4 is 19.1 Å². The van der Waals surface area contributed by atoms with Gasteiger partial charge in [-0.05, 0) is 73.4 Å². The molecule has 3 aromatic rings. The largest absolute Gasteiger partial charge is 0.497 e. The summed E-state index contributed by atoms with van der Waals surface area (Å²) in [7, 11) is -1.39. The summed E-state index contributed by atoms with van der Waals surface area (Å²) >= 11 is 0. The molecule has 1 saturated carbocycles. The Hall–Kier alpha value is -4.12. The van der Waals surface area contributed by atoms with Crippen molar-refractivity contribution < 1.29 is 31.9 Å². The molecule has 1 fully saturated rings. The molecular formula is C32H38FN3O6S. The minimum absolute atomic E-state index is 0.0158. The predicted molar refractivity (Wildman–Crippen MR) is 162 cm³/mol. The number of hydrogen-bond donors (Lipinski definition) is 1. The number of nitrogens with zero attached hydrogens (tertiary/aromatic N) is 2. The number of nitrogens with one attached hydrogen (secondary N) is 1. The molecule has 0 bridgehead atoms. The average Bonchev–Trinajstić information content (AvgIpc) is 3.53. The Bertz CT molecular complexity index is 1490. The average molecular weight is 612 g/mol. The molecule has 0 radical (unpaired) electrons. The number of carbonyl (C=O) groups excluding carboxylic acids is 2. The molecule has 43 heavy (non-hydrogen) atoms. The molecule has 0 aliphatic heterocycles. The van der Waals surface area contributed by atoms with Crippen molar-refractivity contribution >= 4 is 27.5 Å². The van der Waals surface area contributed by atoms with Gasteiger partial charge in [0.05, 0.1) is 24.8 Å². The van der Waals surface area contributed by atoms with Crippen LogP contribution in [-0.2, 0) is 26.2 Å². The van der Waals surface area contributed by atoms with Gasteiger partial charge in [0.15, 0.2) is 0 Å². The Morgan fingerprint density at radius 2 is 1.60 bits per heavy atom. The first kappa shape index (κ1) is 31.8. The quantitative estimate of drug-likeness (QED) is 0.295. The van der Waals surface area contributed by atoms with E-state index in [4.69, 9.17) is 9.47 Å². The van der Waals surface area contributed by atoms with Gasteiger partial charge in [-0.3, -0.25) is 13.9 Å². The normalized spacial score (nSPS) is 14.1. The summed E-state index contributed by atoms with van der Waals surface area (Å²) in [6, 6.07) is 17.2. The first-order valence-electron chi connectivity index (χ1n) is 14.3. The smallest absolute Gasteiger partial charge is 0.264 e. The highest BCUT2D eigenvalue weighted by atomic mass is 32.2. The molecule has 1 aliphatic rings. The van der Waals surface area contributed by atoms with Crippen LogP contribution >= 0.6 is 0 Å². The van der Waals surface area contributed by atoms with E-state index in [-0.39, 0.29) is 34.8 Å². The molecule has 0 aromatic heterocycles. The highest BCUT2D eigenvalue weighted by Crippen LogP contribution is 2.33. The van der Waals surface area contributed by atoms with Gasteiger partial charge in [0.2, 0.25) is 11.8 Å². The third kappa shape index (κ3) is 7.64. The van der Waals surface area contributed by atoms with Crippen LogP contribution in [0.5, 0.6) is 11.5 Å². The van der Waals surface area contributed by atoms with Gasteiger partial charge in [-0.15, -0.1) is 0 Å². The molecule has 3 aromatic carbocycles. The van der Waals surface area contributed by atoms with Crippen LogP contribution in [0.15, 0.2) is 77.7 Å². The minimum Gasteiger partial charge on any atom is -0.497 e. The second kappa shape index (κ2) is 14.4. The number of sulfonamides is 1. The minimum atomic E-state index is -4.29. The summed E-state index contributed by atoms with van der Waals surface area (Å²) in [4.78, 5) is 29.1. The summed E-state index contributed by atoms with van der Waals surface area (Å²) in [5, 5.41) is 3.07. The number of amides is 2. The molecule has 4 rings (SSSR count). The van der Waals surface area contributed by atoms with Gasteiger partial charge < -0.3 is 19.7 Å². The lowest BCUT2D eigenvalue weighted by Crippen LogP contribution is -2.53. The number of anilines is 1. The zero-order valence-electron chi connectivity index (χ0n) is 24.7. The van der Waals surface area contributed by atoms with Crippen LogP contribution in [0, 0.1) is 5.82 Å². The van der Waals surface area contributed by atoms with E-state index >= 15 is 0 Å². The van der Waals surface area contributed by atoms with Crippen LogP contribution in [-0.4, -0.2) is 58.0 Å². The fourth-order valence-electron chi connectivity index (χ4n) is 5.30. The Morgan fingerprint density at radius 1 is 0.953 bits per heavy atom. The third-order valence-corrected chi connectivity index (χ3v) is 9.41. The number of carbonyl (C=O) groups is 2. The number of methoxy groups -OCH3 is 2. The Balaban J connectivity index is 1.74. The second-order valence-corrected chi connectivity index (χ2v) is 12.3. The first-order valence-corrected chi connectivity index (χ1v) is 15.8. The van der Waals surface area contributed by atoms with Crippen molar-refractivity contribution in [2.24, 2.45) is 0 Å². The molecule has 0 heterocycles. The number of hydrogen-bond acceptors (Lipinski definition) is 6. The van der Waals surface area contributed by atoms with E-state index < -0.39 is 34.3 Å². The van der Waals surface area contributed by atoms with Gasteiger partial charge in [-0.25, -0.2) is 12.8 Å². The summed E-state index contributed by atoms with van der Waals surface area (Å²) in [5.74, 6) is -0.597. The molecule has 0 spiro atoms. The maximum Gasteiger partial charge on any atom is 0.264 e. The lowest BCUT2D eigenvalue weighted by molar-refractivity contribution is -0.140. The van der Waals surface area contributed by atoms with E-state index in [1.54, 1.807) is 43.3 Å². The SMILES string of the molecule is CCC(C(=O)NC1CCCC1)N(Cc1ccc(F)cc1)C(=O)CN(c1ccccc1OC)S(=O)(=O)c1ccc(OC)cc1. The fraction of sp³-hybridized carbons (Fsp3) is 0.375. The second-order valence-electron chi connectivity index (χ2n) is 10.4. The number of ether oxygens (including phenoxy) is 2. The summed E-state index contributed by atoms with van der Waals surface area (Å²) < 4.78 is 53.5. The Morgan fingerprint density at radius 3 is 2.21 bits per heavy atom. The maximum absolute atomic E-state index is 14.2. The van der Waals surface area contributed by atoms with Crippen molar-refractivity contribution in [2.45, 2.75) is 62.6 Å². The molecule has 2 amide bonds. The van der Waals surface area contributed by atoms with Gasteiger partial charge in [-0.2, -0.15) is 0 Å². The van der Waals surface area contributed by atoms with Gasteiger partial charge >= 0.3 is 0 Å². The summed E-state index contributed by atoms with van der Waals surface area (Å²) in [6.45, 7) is 1.18. The van der Waals surface area contributed by atoms with Crippen molar-refractivity contribution in [3.8, 4) is 11.5 Å². The fourth-order valence-corrected chi connectivity index (χ4v) is 6.72. The van der Waals surface area contributed by atoms with Crippen LogP contribution in [0.2, 0.25) is 0 Å². The molecule has 1 aliphatic carbocycles. The standard InChI is InChI=1S/C32H38FN3O6S/c1-4-28(32(38)34-25-9-5-6-10-25)35(21-23-13-15-24(33)16-14-23)31(37)22-36(29-11-7-8-12-30(29)42-3)43(39,40)27-19-17-26(41-2)18-20-27/h7-8,11-20,25,28H,4-6,9-10,21-22H2,1-3H3,(H,34,38). The monoisotopic (exact) mass is 611 g/mol. The van der Waals surface area contributed by atoms with E-state index in [2.05, 4.69) is 5.32 Å². The summed E-state index contributed by atoms with van der Waals surface area (Å²) in [5.41, 5.74) is 0.767. The predicted octanol–water partition coefficient (Wildman–Crippen LogP) is 4.90. The molecular weight excluding hydrogens is 573 g/mol. The molecule has 1 N–H and O–H groups in total. The highest BCUT2D eigenvalue weighted by molar-refractivity contribution is 7.92.